The fraction of sp³-hybridized carbons (Fsp3) is 0.235. The summed E-state index contributed by atoms with van der Waals surface area (Å²) in [5, 5.41) is 8.74. The van der Waals surface area contributed by atoms with Crippen LogP contribution in [0.2, 0.25) is 0 Å². The van der Waals surface area contributed by atoms with Crippen LogP contribution in [0.5, 0.6) is 5.75 Å². The van der Waals surface area contributed by atoms with E-state index in [9.17, 15) is 0 Å². The third-order valence-corrected chi connectivity index (χ3v) is 3.24. The number of rotatable bonds is 5. The van der Waals surface area contributed by atoms with E-state index in [4.69, 9.17) is 15.7 Å². The van der Waals surface area contributed by atoms with Gasteiger partial charge in [0, 0.05) is 6.04 Å². The molecule has 2 aromatic rings. The first-order valence-electron chi connectivity index (χ1n) is 6.70. The highest BCUT2D eigenvalue weighted by molar-refractivity contribution is 5.32. The number of benzene rings is 2. The van der Waals surface area contributed by atoms with E-state index in [1.54, 1.807) is 12.1 Å². The standard InChI is InChI=1S/C17H18N2O/c1-2-17(19)15-7-9-16(10-8-15)20-12-14-5-3-13(11-18)4-6-14/h3-10,17H,2,12,19H2,1H3/t17-/m0/s1. The molecule has 3 heteroatoms. The second-order valence-corrected chi connectivity index (χ2v) is 4.68. The van der Waals surface area contributed by atoms with Crippen molar-refractivity contribution in [3.63, 3.8) is 0 Å². The predicted molar refractivity (Wildman–Crippen MR) is 79.2 cm³/mol. The number of nitrogens with two attached hydrogens (primary N) is 1. The van der Waals surface area contributed by atoms with Gasteiger partial charge in [-0.15, -0.1) is 0 Å². The summed E-state index contributed by atoms with van der Waals surface area (Å²) in [6.45, 7) is 2.56. The summed E-state index contributed by atoms with van der Waals surface area (Å²) in [4.78, 5) is 0. The van der Waals surface area contributed by atoms with E-state index in [1.807, 2.05) is 36.4 Å². The zero-order valence-corrected chi connectivity index (χ0v) is 11.5. The molecule has 0 aliphatic rings. The van der Waals surface area contributed by atoms with Crippen molar-refractivity contribution in [2.45, 2.75) is 26.0 Å². The minimum Gasteiger partial charge on any atom is -0.489 e. The highest BCUT2D eigenvalue weighted by atomic mass is 16.5. The lowest BCUT2D eigenvalue weighted by Gasteiger charge is -2.11. The van der Waals surface area contributed by atoms with Crippen molar-refractivity contribution in [2.24, 2.45) is 5.73 Å². The number of hydrogen-bond acceptors (Lipinski definition) is 3. The highest BCUT2D eigenvalue weighted by Gasteiger charge is 2.03. The van der Waals surface area contributed by atoms with Crippen LogP contribution in [0.1, 0.15) is 36.1 Å². The molecular weight excluding hydrogens is 248 g/mol. The topological polar surface area (TPSA) is 59.0 Å². The molecule has 102 valence electrons. The Morgan fingerprint density at radius 1 is 1.10 bits per heavy atom. The van der Waals surface area contributed by atoms with E-state index in [2.05, 4.69) is 13.0 Å². The Morgan fingerprint density at radius 3 is 2.30 bits per heavy atom. The molecule has 0 aliphatic heterocycles. The van der Waals surface area contributed by atoms with E-state index in [0.29, 0.717) is 12.2 Å². The summed E-state index contributed by atoms with van der Waals surface area (Å²) in [6.07, 6.45) is 0.922. The molecule has 0 fully saturated rings. The van der Waals surface area contributed by atoms with Gasteiger partial charge in [0.25, 0.3) is 0 Å². The Morgan fingerprint density at radius 2 is 1.75 bits per heavy atom. The van der Waals surface area contributed by atoms with E-state index < -0.39 is 0 Å². The Balaban J connectivity index is 1.95. The zero-order valence-electron chi connectivity index (χ0n) is 11.5. The van der Waals surface area contributed by atoms with Crippen molar-refractivity contribution < 1.29 is 4.74 Å². The van der Waals surface area contributed by atoms with Gasteiger partial charge in [0.1, 0.15) is 12.4 Å². The fourth-order valence-corrected chi connectivity index (χ4v) is 1.89. The molecule has 0 unspecified atom stereocenters. The Kier molecular flexibility index (Phi) is 4.75. The lowest BCUT2D eigenvalue weighted by molar-refractivity contribution is 0.306. The molecule has 0 heterocycles. The second-order valence-electron chi connectivity index (χ2n) is 4.68. The Labute approximate surface area is 119 Å². The number of hydrogen-bond donors (Lipinski definition) is 1. The minimum atomic E-state index is 0.0857. The van der Waals surface area contributed by atoms with Crippen LogP contribution in [0.4, 0.5) is 0 Å². The molecule has 0 bridgehead atoms. The minimum absolute atomic E-state index is 0.0857. The molecule has 2 N–H and O–H groups in total. The lowest BCUT2D eigenvalue weighted by Crippen LogP contribution is -2.08. The molecule has 2 rings (SSSR count). The molecule has 20 heavy (non-hydrogen) atoms. The van der Waals surface area contributed by atoms with Crippen LogP contribution in [0.3, 0.4) is 0 Å². The van der Waals surface area contributed by atoms with Crippen molar-refractivity contribution in [2.75, 3.05) is 0 Å². The van der Waals surface area contributed by atoms with Gasteiger partial charge < -0.3 is 10.5 Å². The van der Waals surface area contributed by atoms with Gasteiger partial charge in [-0.25, -0.2) is 0 Å². The number of nitrogens with zero attached hydrogens (tertiary/aromatic N) is 1. The molecule has 0 amide bonds. The van der Waals surface area contributed by atoms with Crippen LogP contribution in [0.25, 0.3) is 0 Å². The van der Waals surface area contributed by atoms with Gasteiger partial charge in [0.2, 0.25) is 0 Å². The maximum atomic E-state index is 8.74. The molecule has 0 aromatic heterocycles. The van der Waals surface area contributed by atoms with Crippen LogP contribution in [-0.4, -0.2) is 0 Å². The molecular formula is C17H18N2O. The third-order valence-electron chi connectivity index (χ3n) is 3.24. The summed E-state index contributed by atoms with van der Waals surface area (Å²) in [6, 6.07) is 17.5. The zero-order chi connectivity index (χ0) is 14.4. The first-order chi connectivity index (χ1) is 9.72. The van der Waals surface area contributed by atoms with Gasteiger partial charge in [-0.05, 0) is 41.8 Å². The van der Waals surface area contributed by atoms with Gasteiger partial charge in [0.15, 0.2) is 0 Å². The van der Waals surface area contributed by atoms with E-state index >= 15 is 0 Å². The van der Waals surface area contributed by atoms with E-state index in [1.165, 1.54) is 0 Å². The maximum Gasteiger partial charge on any atom is 0.119 e. The molecule has 2 aromatic carbocycles. The van der Waals surface area contributed by atoms with Crippen molar-refractivity contribution in [3.05, 3.63) is 65.2 Å². The summed E-state index contributed by atoms with van der Waals surface area (Å²) in [5.74, 6) is 0.821. The average molecular weight is 266 g/mol. The normalized spacial score (nSPS) is 11.7. The quantitative estimate of drug-likeness (QED) is 0.900. The molecule has 1 atom stereocenters. The van der Waals surface area contributed by atoms with Gasteiger partial charge in [-0.2, -0.15) is 5.26 Å². The predicted octanol–water partition coefficient (Wildman–Crippen LogP) is 3.55. The molecule has 3 nitrogen and oxygen atoms in total. The summed E-state index contributed by atoms with van der Waals surface area (Å²) in [7, 11) is 0. The Bertz CT molecular complexity index is 582. The molecule has 0 aliphatic carbocycles. The van der Waals surface area contributed by atoms with Crippen LogP contribution in [-0.2, 0) is 6.61 Å². The summed E-state index contributed by atoms with van der Waals surface area (Å²) < 4.78 is 5.71. The van der Waals surface area contributed by atoms with Crippen molar-refractivity contribution in [3.8, 4) is 11.8 Å². The van der Waals surface area contributed by atoms with E-state index in [0.717, 1.165) is 23.3 Å². The van der Waals surface area contributed by atoms with Crippen LogP contribution in [0.15, 0.2) is 48.5 Å². The first kappa shape index (κ1) is 14.1. The molecule has 0 saturated carbocycles. The SMILES string of the molecule is CC[C@H](N)c1ccc(OCc2ccc(C#N)cc2)cc1. The van der Waals surface area contributed by atoms with Crippen LogP contribution >= 0.6 is 0 Å². The fourth-order valence-electron chi connectivity index (χ4n) is 1.89. The monoisotopic (exact) mass is 266 g/mol. The molecule has 0 saturated heterocycles. The lowest BCUT2D eigenvalue weighted by atomic mass is 10.1. The molecule has 0 radical (unpaired) electrons. The van der Waals surface area contributed by atoms with Crippen LogP contribution in [0, 0.1) is 11.3 Å². The first-order valence-corrected chi connectivity index (χ1v) is 6.70. The number of ether oxygens (including phenoxy) is 1. The van der Waals surface area contributed by atoms with Crippen molar-refractivity contribution in [1.82, 2.24) is 0 Å². The Hall–Kier alpha value is -2.31. The third kappa shape index (κ3) is 3.59. The number of nitriles is 1. The second kappa shape index (κ2) is 6.74. The summed E-state index contributed by atoms with van der Waals surface area (Å²) in [5.41, 5.74) is 8.79. The van der Waals surface area contributed by atoms with Gasteiger partial charge in [0.05, 0.1) is 11.6 Å². The van der Waals surface area contributed by atoms with Gasteiger partial charge in [-0.3, -0.25) is 0 Å². The van der Waals surface area contributed by atoms with Crippen molar-refractivity contribution in [1.29, 1.82) is 5.26 Å². The largest absolute Gasteiger partial charge is 0.489 e. The van der Waals surface area contributed by atoms with Crippen molar-refractivity contribution >= 4 is 0 Å². The highest BCUT2D eigenvalue weighted by Crippen LogP contribution is 2.19. The summed E-state index contributed by atoms with van der Waals surface area (Å²) >= 11 is 0. The molecule has 0 spiro atoms. The maximum absolute atomic E-state index is 8.74. The van der Waals surface area contributed by atoms with Crippen LogP contribution < -0.4 is 10.5 Å². The van der Waals surface area contributed by atoms with Gasteiger partial charge in [-0.1, -0.05) is 31.2 Å². The van der Waals surface area contributed by atoms with Gasteiger partial charge >= 0.3 is 0 Å². The average Bonchev–Trinajstić information content (AvgIpc) is 2.53. The smallest absolute Gasteiger partial charge is 0.119 e. The van der Waals surface area contributed by atoms with E-state index in [-0.39, 0.29) is 6.04 Å².